The van der Waals surface area contributed by atoms with E-state index in [1.807, 2.05) is 6.92 Å². The van der Waals surface area contributed by atoms with Crippen LogP contribution in [0.3, 0.4) is 0 Å². The highest BCUT2D eigenvalue weighted by Gasteiger charge is 2.13. The summed E-state index contributed by atoms with van der Waals surface area (Å²) in [6.07, 6.45) is 3.29. The van der Waals surface area contributed by atoms with Crippen LogP contribution in [-0.2, 0) is 4.79 Å². The molecule has 1 heterocycles. The van der Waals surface area contributed by atoms with Crippen LogP contribution in [0.5, 0.6) is 0 Å². The highest BCUT2D eigenvalue weighted by atomic mass is 16.2. The number of nitrogens with one attached hydrogen (secondary N) is 1. The number of nitrogens with zero attached hydrogens (tertiary/aromatic N) is 1. The molecule has 0 aliphatic carbocycles. The quantitative estimate of drug-likeness (QED) is 0.652. The Morgan fingerprint density at radius 2 is 2.14 bits per heavy atom. The number of hydrogen-bond donors (Lipinski definition) is 2. The van der Waals surface area contributed by atoms with Crippen LogP contribution in [0.15, 0.2) is 0 Å². The zero-order valence-corrected chi connectivity index (χ0v) is 8.96. The van der Waals surface area contributed by atoms with Crippen molar-refractivity contribution in [1.29, 1.82) is 0 Å². The van der Waals surface area contributed by atoms with Crippen LogP contribution in [0.4, 0.5) is 0 Å². The van der Waals surface area contributed by atoms with E-state index in [0.717, 1.165) is 13.1 Å². The summed E-state index contributed by atoms with van der Waals surface area (Å²) in [5.74, 6) is -0.0216. The van der Waals surface area contributed by atoms with Crippen LogP contribution in [0.2, 0.25) is 0 Å². The standard InChI is InChI=1S/C10H21N3O/c1-2-9(11)10(14)12-5-8-13-6-3-4-7-13/h9H,2-8,11H2,1H3,(H,12,14)/t9-/m0/s1. The Morgan fingerprint density at radius 1 is 1.50 bits per heavy atom. The molecule has 4 nitrogen and oxygen atoms in total. The summed E-state index contributed by atoms with van der Waals surface area (Å²) in [6, 6.07) is -0.339. The SMILES string of the molecule is CC[C@H](N)C(=O)NCCN1CCCC1. The summed E-state index contributed by atoms with van der Waals surface area (Å²) in [6.45, 7) is 5.96. The summed E-state index contributed by atoms with van der Waals surface area (Å²) in [5.41, 5.74) is 5.59. The first-order valence-corrected chi connectivity index (χ1v) is 5.49. The van der Waals surface area contributed by atoms with E-state index < -0.39 is 0 Å². The van der Waals surface area contributed by atoms with Gasteiger partial charge >= 0.3 is 0 Å². The predicted molar refractivity (Wildman–Crippen MR) is 57.0 cm³/mol. The van der Waals surface area contributed by atoms with Crippen molar-refractivity contribution in [2.45, 2.75) is 32.2 Å². The third-order valence-corrected chi connectivity index (χ3v) is 2.70. The molecule has 1 saturated heterocycles. The van der Waals surface area contributed by atoms with Crippen molar-refractivity contribution < 1.29 is 4.79 Å². The number of rotatable bonds is 5. The molecule has 14 heavy (non-hydrogen) atoms. The molecule has 0 aromatic carbocycles. The first-order valence-electron chi connectivity index (χ1n) is 5.49. The minimum atomic E-state index is -0.339. The van der Waals surface area contributed by atoms with Crippen LogP contribution < -0.4 is 11.1 Å². The van der Waals surface area contributed by atoms with E-state index in [9.17, 15) is 4.79 Å². The molecule has 0 aromatic rings. The van der Waals surface area contributed by atoms with Gasteiger partial charge in [-0.15, -0.1) is 0 Å². The molecule has 1 fully saturated rings. The summed E-state index contributed by atoms with van der Waals surface area (Å²) in [7, 11) is 0. The Hall–Kier alpha value is -0.610. The van der Waals surface area contributed by atoms with Crippen LogP contribution in [0.25, 0.3) is 0 Å². The van der Waals surface area contributed by atoms with Gasteiger partial charge in [-0.05, 0) is 32.4 Å². The van der Waals surface area contributed by atoms with Crippen LogP contribution >= 0.6 is 0 Å². The predicted octanol–water partition coefficient (Wildman–Crippen LogP) is -0.0643. The lowest BCUT2D eigenvalue weighted by molar-refractivity contribution is -0.122. The molecule has 0 aromatic heterocycles. The second kappa shape index (κ2) is 5.98. The van der Waals surface area contributed by atoms with Crippen molar-refractivity contribution in [3.8, 4) is 0 Å². The minimum absolute atomic E-state index is 0.0216. The highest BCUT2D eigenvalue weighted by molar-refractivity contribution is 5.81. The van der Waals surface area contributed by atoms with E-state index in [1.165, 1.54) is 25.9 Å². The van der Waals surface area contributed by atoms with Gasteiger partial charge < -0.3 is 16.0 Å². The molecule has 4 heteroatoms. The molecule has 1 aliphatic rings. The molecule has 0 saturated carbocycles. The normalized spacial score (nSPS) is 19.6. The van der Waals surface area contributed by atoms with Gasteiger partial charge in [0.2, 0.25) is 5.91 Å². The van der Waals surface area contributed by atoms with Gasteiger partial charge in [-0.3, -0.25) is 4.79 Å². The molecule has 0 radical (unpaired) electrons. The molecule has 0 spiro atoms. The smallest absolute Gasteiger partial charge is 0.236 e. The van der Waals surface area contributed by atoms with Gasteiger partial charge in [0, 0.05) is 13.1 Å². The van der Waals surface area contributed by atoms with Crippen LogP contribution in [0.1, 0.15) is 26.2 Å². The molecule has 82 valence electrons. The highest BCUT2D eigenvalue weighted by Crippen LogP contribution is 2.05. The molecule has 1 atom stereocenters. The molecule has 3 N–H and O–H groups in total. The Labute approximate surface area is 85.8 Å². The maximum absolute atomic E-state index is 11.3. The average molecular weight is 199 g/mol. The van der Waals surface area contributed by atoms with Gasteiger partial charge in [0.15, 0.2) is 0 Å². The van der Waals surface area contributed by atoms with Gasteiger partial charge in [0.1, 0.15) is 0 Å². The van der Waals surface area contributed by atoms with E-state index in [2.05, 4.69) is 10.2 Å². The largest absolute Gasteiger partial charge is 0.353 e. The van der Waals surface area contributed by atoms with Crippen molar-refractivity contribution in [3.05, 3.63) is 0 Å². The maximum atomic E-state index is 11.3. The second-order valence-electron chi connectivity index (χ2n) is 3.85. The first kappa shape index (κ1) is 11.5. The number of likely N-dealkylation sites (tertiary alicyclic amines) is 1. The Bertz CT molecular complexity index is 178. The number of carbonyl (C=O) groups is 1. The van der Waals surface area contributed by atoms with Crippen molar-refractivity contribution in [3.63, 3.8) is 0 Å². The van der Waals surface area contributed by atoms with E-state index in [0.29, 0.717) is 6.42 Å². The molecule has 1 aliphatic heterocycles. The molecule has 1 rings (SSSR count). The Balaban J connectivity index is 2.05. The first-order chi connectivity index (χ1) is 6.74. The zero-order valence-electron chi connectivity index (χ0n) is 8.96. The monoisotopic (exact) mass is 199 g/mol. The summed E-state index contributed by atoms with van der Waals surface area (Å²) >= 11 is 0. The fraction of sp³-hybridized carbons (Fsp3) is 0.900. The van der Waals surface area contributed by atoms with E-state index >= 15 is 0 Å². The molecule has 1 amide bonds. The average Bonchev–Trinajstić information content (AvgIpc) is 2.69. The lowest BCUT2D eigenvalue weighted by Gasteiger charge is -2.15. The summed E-state index contributed by atoms with van der Waals surface area (Å²) < 4.78 is 0. The lowest BCUT2D eigenvalue weighted by Crippen LogP contribution is -2.42. The van der Waals surface area contributed by atoms with Crippen molar-refractivity contribution in [1.82, 2.24) is 10.2 Å². The van der Waals surface area contributed by atoms with E-state index in [4.69, 9.17) is 5.73 Å². The van der Waals surface area contributed by atoms with Gasteiger partial charge in [-0.2, -0.15) is 0 Å². The van der Waals surface area contributed by atoms with Gasteiger partial charge in [-0.1, -0.05) is 6.92 Å². The Kier molecular flexibility index (Phi) is 4.90. The second-order valence-corrected chi connectivity index (χ2v) is 3.85. The van der Waals surface area contributed by atoms with Crippen molar-refractivity contribution >= 4 is 5.91 Å². The third kappa shape index (κ3) is 3.64. The number of nitrogens with two attached hydrogens (primary N) is 1. The third-order valence-electron chi connectivity index (χ3n) is 2.70. The number of carbonyl (C=O) groups excluding carboxylic acids is 1. The molecule has 0 unspecified atom stereocenters. The number of amides is 1. The van der Waals surface area contributed by atoms with Gasteiger partial charge in [-0.25, -0.2) is 0 Å². The molecule has 0 bridgehead atoms. The van der Waals surface area contributed by atoms with Crippen LogP contribution in [0, 0.1) is 0 Å². The fourth-order valence-corrected chi connectivity index (χ4v) is 1.66. The van der Waals surface area contributed by atoms with Crippen LogP contribution in [-0.4, -0.2) is 43.0 Å². The molecular formula is C10H21N3O. The van der Waals surface area contributed by atoms with Crippen molar-refractivity contribution in [2.24, 2.45) is 5.73 Å². The zero-order chi connectivity index (χ0) is 10.4. The van der Waals surface area contributed by atoms with Crippen molar-refractivity contribution in [2.75, 3.05) is 26.2 Å². The van der Waals surface area contributed by atoms with Gasteiger partial charge in [0.25, 0.3) is 0 Å². The lowest BCUT2D eigenvalue weighted by atomic mass is 10.2. The summed E-state index contributed by atoms with van der Waals surface area (Å²) in [5, 5.41) is 2.85. The summed E-state index contributed by atoms with van der Waals surface area (Å²) in [4.78, 5) is 13.7. The van der Waals surface area contributed by atoms with E-state index in [1.54, 1.807) is 0 Å². The topological polar surface area (TPSA) is 58.4 Å². The maximum Gasteiger partial charge on any atom is 0.236 e. The van der Waals surface area contributed by atoms with E-state index in [-0.39, 0.29) is 11.9 Å². The van der Waals surface area contributed by atoms with Gasteiger partial charge in [0.05, 0.1) is 6.04 Å². The Morgan fingerprint density at radius 3 is 2.71 bits per heavy atom. The number of hydrogen-bond acceptors (Lipinski definition) is 3. The fourth-order valence-electron chi connectivity index (χ4n) is 1.66. The molecular weight excluding hydrogens is 178 g/mol. The minimum Gasteiger partial charge on any atom is -0.353 e.